The van der Waals surface area contributed by atoms with Gasteiger partial charge in [0.15, 0.2) is 17.3 Å². The van der Waals surface area contributed by atoms with Crippen molar-refractivity contribution < 1.29 is 19.1 Å². The molecule has 0 aliphatic carbocycles. The van der Waals surface area contributed by atoms with Crippen molar-refractivity contribution in [2.24, 2.45) is 5.92 Å². The molecule has 1 rings (SSSR count). The van der Waals surface area contributed by atoms with Crippen LogP contribution in [-0.2, 0) is 11.2 Å². The fraction of sp³-hybridized carbons (Fsp3) is 0.565. The van der Waals surface area contributed by atoms with Crippen LogP contribution in [0.5, 0.6) is 11.5 Å². The molecule has 0 fully saturated rings. The largest absolute Gasteiger partial charge is 0.493 e. The number of allylic oxidation sites excluding steroid dienone is 2. The van der Waals surface area contributed by atoms with Gasteiger partial charge >= 0.3 is 0 Å². The number of aldehydes is 1. The minimum atomic E-state index is 0.0888. The number of benzene rings is 1. The quantitative estimate of drug-likeness (QED) is 0.368. The molecule has 0 unspecified atom stereocenters. The number of hydrogen-bond donors (Lipinski definition) is 1. The number of nitrogens with one attached hydrogen (secondary N) is 1. The number of ether oxygens (including phenoxy) is 2. The van der Waals surface area contributed by atoms with E-state index in [1.165, 1.54) is 0 Å². The molecule has 0 aromatic heterocycles. The second kappa shape index (κ2) is 13.0. The molecular weight excluding hydrogens is 354 g/mol. The molecule has 0 saturated heterocycles. The van der Waals surface area contributed by atoms with Crippen LogP contribution in [0.25, 0.3) is 0 Å². The van der Waals surface area contributed by atoms with E-state index in [0.717, 1.165) is 49.7 Å². The maximum Gasteiger partial charge on any atom is 0.161 e. The zero-order chi connectivity index (χ0) is 20.9. The average molecular weight is 390 g/mol. The summed E-state index contributed by atoms with van der Waals surface area (Å²) in [4.78, 5) is 23.9. The Morgan fingerprint density at radius 3 is 2.29 bits per heavy atom. The van der Waals surface area contributed by atoms with E-state index in [9.17, 15) is 9.59 Å². The van der Waals surface area contributed by atoms with Gasteiger partial charge in [-0.25, -0.2) is 0 Å². The second-order valence-corrected chi connectivity index (χ2v) is 6.89. The molecule has 5 nitrogen and oxygen atoms in total. The van der Waals surface area contributed by atoms with E-state index in [4.69, 9.17) is 9.47 Å². The van der Waals surface area contributed by atoms with Gasteiger partial charge in [0.05, 0.1) is 14.2 Å². The highest BCUT2D eigenvalue weighted by Gasteiger charge is 2.14. The SMILES string of the molecule is CCCC/C(=C/C(=O)C(CC)CC)NCCc1cc(OC)c(OC)cc1C=O. The normalized spacial score (nSPS) is 11.4. The van der Waals surface area contributed by atoms with Crippen LogP contribution < -0.4 is 14.8 Å². The Balaban J connectivity index is 2.88. The molecule has 0 heterocycles. The van der Waals surface area contributed by atoms with Crippen LogP contribution in [0.3, 0.4) is 0 Å². The number of rotatable bonds is 14. The molecule has 0 amide bonds. The Hall–Kier alpha value is -2.30. The summed E-state index contributed by atoms with van der Waals surface area (Å²) >= 11 is 0. The summed E-state index contributed by atoms with van der Waals surface area (Å²) in [6.07, 6.45) is 7.95. The van der Waals surface area contributed by atoms with Gasteiger partial charge in [-0.1, -0.05) is 27.2 Å². The van der Waals surface area contributed by atoms with Crippen LogP contribution in [0.1, 0.15) is 68.8 Å². The molecule has 0 aliphatic rings. The predicted octanol–water partition coefficient (Wildman–Crippen LogP) is 4.73. The van der Waals surface area contributed by atoms with E-state index in [0.29, 0.717) is 30.0 Å². The summed E-state index contributed by atoms with van der Waals surface area (Å²) in [5.74, 6) is 1.43. The van der Waals surface area contributed by atoms with Gasteiger partial charge in [0.2, 0.25) is 0 Å². The molecule has 0 atom stereocenters. The smallest absolute Gasteiger partial charge is 0.161 e. The first-order valence-electron chi connectivity index (χ1n) is 10.2. The van der Waals surface area contributed by atoms with Crippen LogP contribution in [0.4, 0.5) is 0 Å². The molecule has 5 heteroatoms. The third-order valence-corrected chi connectivity index (χ3v) is 5.02. The van der Waals surface area contributed by atoms with Gasteiger partial charge in [0, 0.05) is 29.8 Å². The van der Waals surface area contributed by atoms with Crippen LogP contribution in [-0.4, -0.2) is 32.8 Å². The summed E-state index contributed by atoms with van der Waals surface area (Å²) in [6.45, 7) is 6.89. The Morgan fingerprint density at radius 2 is 1.75 bits per heavy atom. The van der Waals surface area contributed by atoms with Gasteiger partial charge < -0.3 is 14.8 Å². The average Bonchev–Trinajstić information content (AvgIpc) is 2.72. The van der Waals surface area contributed by atoms with Crippen molar-refractivity contribution in [2.75, 3.05) is 20.8 Å². The van der Waals surface area contributed by atoms with E-state index >= 15 is 0 Å². The van der Waals surface area contributed by atoms with Gasteiger partial charge in [-0.05, 0) is 49.8 Å². The third kappa shape index (κ3) is 7.02. The Labute approximate surface area is 169 Å². The van der Waals surface area contributed by atoms with E-state index in [2.05, 4.69) is 26.1 Å². The van der Waals surface area contributed by atoms with Gasteiger partial charge in [0.1, 0.15) is 6.29 Å². The topological polar surface area (TPSA) is 64.6 Å². The molecule has 0 aliphatic heterocycles. The van der Waals surface area contributed by atoms with Crippen LogP contribution in [0.15, 0.2) is 23.9 Å². The molecule has 0 bridgehead atoms. The zero-order valence-electron chi connectivity index (χ0n) is 18.0. The lowest BCUT2D eigenvalue weighted by atomic mass is 9.97. The second-order valence-electron chi connectivity index (χ2n) is 6.89. The molecule has 0 saturated carbocycles. The molecule has 0 radical (unpaired) electrons. The molecule has 156 valence electrons. The van der Waals surface area contributed by atoms with Gasteiger partial charge in [0.25, 0.3) is 0 Å². The van der Waals surface area contributed by atoms with E-state index < -0.39 is 0 Å². The van der Waals surface area contributed by atoms with Crippen molar-refractivity contribution in [2.45, 2.75) is 59.3 Å². The molecule has 28 heavy (non-hydrogen) atoms. The molecule has 0 spiro atoms. The fourth-order valence-corrected chi connectivity index (χ4v) is 3.18. The van der Waals surface area contributed by atoms with Crippen LogP contribution in [0.2, 0.25) is 0 Å². The van der Waals surface area contributed by atoms with Crippen molar-refractivity contribution >= 4 is 12.1 Å². The molecule has 1 aromatic rings. The summed E-state index contributed by atoms with van der Waals surface area (Å²) in [7, 11) is 3.13. The Bertz CT molecular complexity index is 663. The first kappa shape index (κ1) is 23.7. The highest BCUT2D eigenvalue weighted by atomic mass is 16.5. The third-order valence-electron chi connectivity index (χ3n) is 5.02. The Morgan fingerprint density at radius 1 is 1.11 bits per heavy atom. The highest BCUT2D eigenvalue weighted by molar-refractivity contribution is 5.92. The summed E-state index contributed by atoms with van der Waals surface area (Å²) in [6, 6.07) is 3.54. The van der Waals surface area contributed by atoms with Gasteiger partial charge in [-0.15, -0.1) is 0 Å². The van der Waals surface area contributed by atoms with Crippen molar-refractivity contribution in [1.29, 1.82) is 0 Å². The standard InChI is InChI=1S/C23H35NO4/c1-6-9-10-20(15-21(26)17(7-2)8-3)24-12-11-18-13-22(27-4)23(28-5)14-19(18)16-25/h13-17,24H,6-12H2,1-5H3/b20-15-. The maximum atomic E-state index is 12.5. The van der Waals surface area contributed by atoms with Crippen molar-refractivity contribution in [3.63, 3.8) is 0 Å². The Kier molecular flexibility index (Phi) is 11.0. The van der Waals surface area contributed by atoms with Crippen molar-refractivity contribution in [1.82, 2.24) is 5.32 Å². The lowest BCUT2D eigenvalue weighted by molar-refractivity contribution is -0.118. The van der Waals surface area contributed by atoms with Gasteiger partial charge in [-0.3, -0.25) is 9.59 Å². The van der Waals surface area contributed by atoms with E-state index in [-0.39, 0.29) is 11.7 Å². The van der Waals surface area contributed by atoms with Crippen LogP contribution >= 0.6 is 0 Å². The molecule has 1 N–H and O–H groups in total. The number of carbonyl (C=O) groups excluding carboxylic acids is 2. The first-order chi connectivity index (χ1) is 13.5. The minimum absolute atomic E-state index is 0.0888. The first-order valence-corrected chi connectivity index (χ1v) is 10.2. The number of unbranched alkanes of at least 4 members (excludes halogenated alkanes) is 1. The monoisotopic (exact) mass is 389 g/mol. The van der Waals surface area contributed by atoms with E-state index in [1.54, 1.807) is 26.4 Å². The number of carbonyl (C=O) groups is 2. The lowest BCUT2D eigenvalue weighted by Gasteiger charge is -2.15. The number of hydrogen-bond acceptors (Lipinski definition) is 5. The van der Waals surface area contributed by atoms with Crippen molar-refractivity contribution in [3.05, 3.63) is 35.0 Å². The zero-order valence-corrected chi connectivity index (χ0v) is 18.0. The number of methoxy groups -OCH3 is 2. The number of ketones is 1. The maximum absolute atomic E-state index is 12.5. The minimum Gasteiger partial charge on any atom is -0.493 e. The molecular formula is C23H35NO4. The summed E-state index contributed by atoms with van der Waals surface area (Å²) < 4.78 is 10.6. The fourth-order valence-electron chi connectivity index (χ4n) is 3.18. The van der Waals surface area contributed by atoms with Crippen LogP contribution in [0, 0.1) is 5.92 Å². The predicted molar refractivity (Wildman–Crippen MR) is 113 cm³/mol. The van der Waals surface area contributed by atoms with Gasteiger partial charge in [-0.2, -0.15) is 0 Å². The molecule has 1 aromatic carbocycles. The summed E-state index contributed by atoms with van der Waals surface area (Å²) in [5, 5.41) is 3.41. The summed E-state index contributed by atoms with van der Waals surface area (Å²) in [5.41, 5.74) is 2.46. The van der Waals surface area contributed by atoms with E-state index in [1.807, 2.05) is 6.07 Å². The lowest BCUT2D eigenvalue weighted by Crippen LogP contribution is -2.20. The highest BCUT2D eigenvalue weighted by Crippen LogP contribution is 2.30. The van der Waals surface area contributed by atoms with Crippen molar-refractivity contribution in [3.8, 4) is 11.5 Å².